The van der Waals surface area contributed by atoms with Crippen molar-refractivity contribution in [2.75, 3.05) is 23.7 Å². The van der Waals surface area contributed by atoms with Crippen LogP contribution in [0.4, 0.5) is 27.9 Å². The highest BCUT2D eigenvalue weighted by Crippen LogP contribution is 2.21. The molecule has 11 nitrogen and oxygen atoms in total. The van der Waals surface area contributed by atoms with Crippen LogP contribution in [0.5, 0.6) is 0 Å². The molecule has 0 bridgehead atoms. The Morgan fingerprint density at radius 3 is 2.81 bits per heavy atom. The molecule has 0 aliphatic rings. The molecule has 0 aliphatic carbocycles. The molecule has 0 unspecified atom stereocenters. The highest BCUT2D eigenvalue weighted by molar-refractivity contribution is 5.64. The lowest BCUT2D eigenvalue weighted by Crippen LogP contribution is -2.23. The summed E-state index contributed by atoms with van der Waals surface area (Å²) >= 11 is 0. The van der Waals surface area contributed by atoms with E-state index in [9.17, 15) is 20.0 Å². The number of nitrogens with one attached hydrogen (secondary N) is 3. The third kappa shape index (κ3) is 5.56. The number of carbonyl (C=O) groups is 1. The van der Waals surface area contributed by atoms with E-state index < -0.39 is 11.0 Å². The first-order valence-electron chi connectivity index (χ1n) is 7.68. The van der Waals surface area contributed by atoms with Crippen LogP contribution >= 0.6 is 0 Å². The summed E-state index contributed by atoms with van der Waals surface area (Å²) in [5, 5.41) is 36.8. The number of non-ortho nitro benzene ring substituents is 1. The van der Waals surface area contributed by atoms with Crippen molar-refractivity contribution < 1.29 is 19.9 Å². The van der Waals surface area contributed by atoms with Gasteiger partial charge in [-0.3, -0.25) is 10.1 Å². The summed E-state index contributed by atoms with van der Waals surface area (Å²) in [6.07, 6.45) is 0.866. The molecule has 1 aromatic carbocycles. The molecule has 5 N–H and O–H groups in total. The van der Waals surface area contributed by atoms with Gasteiger partial charge in [0.1, 0.15) is 5.82 Å². The normalized spacial score (nSPS) is 10.2. The van der Waals surface area contributed by atoms with Gasteiger partial charge in [-0.2, -0.15) is 4.98 Å². The van der Waals surface area contributed by atoms with Crippen LogP contribution in [0.15, 0.2) is 30.5 Å². The molecule has 2 rings (SSSR count). The zero-order chi connectivity index (χ0) is 18.9. The second kappa shape index (κ2) is 9.13. The van der Waals surface area contributed by atoms with Crippen LogP contribution in [0.1, 0.15) is 12.0 Å². The minimum absolute atomic E-state index is 0.0637. The first kappa shape index (κ1) is 18.9. The Morgan fingerprint density at radius 1 is 1.31 bits per heavy atom. The second-order valence-corrected chi connectivity index (χ2v) is 5.17. The summed E-state index contributed by atoms with van der Waals surface area (Å²) in [4.78, 5) is 29.0. The predicted octanol–water partition coefficient (Wildman–Crippen LogP) is 1.69. The average Bonchev–Trinajstić information content (AvgIpc) is 2.61. The van der Waals surface area contributed by atoms with Crippen molar-refractivity contribution in [3.05, 3.63) is 46.1 Å². The zero-order valence-corrected chi connectivity index (χ0v) is 13.7. The number of aliphatic hydroxyl groups is 1. The fraction of sp³-hybridized carbons (Fsp3) is 0.267. The molecule has 0 saturated heterocycles. The molecule has 0 spiro atoms. The Kier molecular flexibility index (Phi) is 6.62. The van der Waals surface area contributed by atoms with Crippen molar-refractivity contribution in [1.82, 2.24) is 15.3 Å². The van der Waals surface area contributed by atoms with E-state index in [0.717, 1.165) is 0 Å². The quantitative estimate of drug-likeness (QED) is 0.254. The molecule has 0 radical (unpaired) electrons. The topological polar surface area (TPSA) is 163 Å². The van der Waals surface area contributed by atoms with Crippen LogP contribution < -0.4 is 16.0 Å². The van der Waals surface area contributed by atoms with Gasteiger partial charge in [0.25, 0.3) is 5.69 Å². The number of anilines is 3. The van der Waals surface area contributed by atoms with Crippen molar-refractivity contribution in [3.8, 4) is 0 Å². The van der Waals surface area contributed by atoms with E-state index in [2.05, 4.69) is 25.9 Å². The first-order chi connectivity index (χ1) is 12.5. The van der Waals surface area contributed by atoms with Crippen molar-refractivity contribution >= 4 is 29.2 Å². The highest BCUT2D eigenvalue weighted by Gasteiger charge is 2.09. The van der Waals surface area contributed by atoms with Gasteiger partial charge in [-0.05, 0) is 12.5 Å². The standard InChI is InChI=1S/C15H18N6O5/c22-9-10-8-18-14(19-11-3-1-4-12(7-11)21(25)26)20-13(10)16-5-2-6-17-15(23)24/h1,3-4,7-8,17,22H,2,5-6,9H2,(H,23,24)(H2,16,18,19,20). The number of nitro groups is 1. The third-order valence-corrected chi connectivity index (χ3v) is 3.27. The number of hydrogen-bond donors (Lipinski definition) is 5. The Morgan fingerprint density at radius 2 is 2.12 bits per heavy atom. The fourth-order valence-corrected chi connectivity index (χ4v) is 2.05. The van der Waals surface area contributed by atoms with Crippen molar-refractivity contribution in [2.24, 2.45) is 0 Å². The average molecular weight is 362 g/mol. The molecule has 1 heterocycles. The van der Waals surface area contributed by atoms with E-state index in [-0.39, 0.29) is 24.8 Å². The number of aliphatic hydroxyl groups excluding tert-OH is 1. The number of aromatic nitrogens is 2. The maximum absolute atomic E-state index is 10.8. The molecule has 0 atom stereocenters. The summed E-state index contributed by atoms with van der Waals surface area (Å²) in [5.41, 5.74) is 0.861. The molecule has 0 aliphatic heterocycles. The largest absolute Gasteiger partial charge is 0.465 e. The lowest BCUT2D eigenvalue weighted by Gasteiger charge is -2.12. The second-order valence-electron chi connectivity index (χ2n) is 5.17. The number of nitrogens with zero attached hydrogens (tertiary/aromatic N) is 3. The molecule has 2 aromatic rings. The van der Waals surface area contributed by atoms with Crippen LogP contribution in [-0.2, 0) is 6.61 Å². The number of benzene rings is 1. The van der Waals surface area contributed by atoms with Crippen molar-refractivity contribution in [1.29, 1.82) is 0 Å². The van der Waals surface area contributed by atoms with E-state index >= 15 is 0 Å². The number of amides is 1. The van der Waals surface area contributed by atoms with Crippen LogP contribution in [0.25, 0.3) is 0 Å². The van der Waals surface area contributed by atoms with Gasteiger partial charge in [0.05, 0.1) is 11.5 Å². The molecule has 26 heavy (non-hydrogen) atoms. The van der Waals surface area contributed by atoms with Gasteiger partial charge >= 0.3 is 6.09 Å². The van der Waals surface area contributed by atoms with Crippen LogP contribution in [0.2, 0.25) is 0 Å². The van der Waals surface area contributed by atoms with Crippen molar-refractivity contribution in [3.63, 3.8) is 0 Å². The predicted molar refractivity (Wildman–Crippen MR) is 93.5 cm³/mol. The summed E-state index contributed by atoms with van der Waals surface area (Å²) < 4.78 is 0. The zero-order valence-electron chi connectivity index (χ0n) is 13.7. The van der Waals surface area contributed by atoms with Crippen molar-refractivity contribution in [2.45, 2.75) is 13.0 Å². The Hall–Kier alpha value is -3.47. The minimum atomic E-state index is -1.09. The molecular formula is C15H18N6O5. The Balaban J connectivity index is 2.04. The van der Waals surface area contributed by atoms with Gasteiger partial charge < -0.3 is 26.2 Å². The Labute approximate surface area is 148 Å². The molecule has 1 aromatic heterocycles. The van der Waals surface area contributed by atoms with E-state index in [0.29, 0.717) is 30.0 Å². The minimum Gasteiger partial charge on any atom is -0.465 e. The first-order valence-corrected chi connectivity index (χ1v) is 7.68. The summed E-state index contributed by atoms with van der Waals surface area (Å²) in [6.45, 7) is 0.438. The van der Waals surface area contributed by atoms with E-state index in [1.54, 1.807) is 6.07 Å². The van der Waals surface area contributed by atoms with E-state index in [4.69, 9.17) is 5.11 Å². The van der Waals surface area contributed by atoms with Gasteiger partial charge in [0, 0.05) is 42.7 Å². The molecular weight excluding hydrogens is 344 g/mol. The van der Waals surface area contributed by atoms with Crippen LogP contribution in [-0.4, -0.2) is 44.3 Å². The van der Waals surface area contributed by atoms with Crippen LogP contribution in [0, 0.1) is 10.1 Å². The van der Waals surface area contributed by atoms with Gasteiger partial charge in [-0.15, -0.1) is 0 Å². The fourth-order valence-electron chi connectivity index (χ4n) is 2.05. The summed E-state index contributed by atoms with van der Waals surface area (Å²) in [7, 11) is 0. The van der Waals surface area contributed by atoms with E-state index in [1.807, 2.05) is 0 Å². The number of carboxylic acid groups (broad SMARTS) is 1. The summed E-state index contributed by atoms with van der Waals surface area (Å²) in [6, 6.07) is 5.91. The van der Waals surface area contributed by atoms with Gasteiger partial charge in [-0.1, -0.05) is 6.07 Å². The van der Waals surface area contributed by atoms with Gasteiger partial charge in [0.2, 0.25) is 5.95 Å². The molecule has 0 fully saturated rings. The number of hydrogen-bond acceptors (Lipinski definition) is 8. The Bertz CT molecular complexity index is 785. The SMILES string of the molecule is O=C(O)NCCCNc1nc(Nc2cccc([N+](=O)[O-])c2)ncc1CO. The maximum atomic E-state index is 10.8. The lowest BCUT2D eigenvalue weighted by atomic mass is 10.3. The summed E-state index contributed by atoms with van der Waals surface area (Å²) in [5.74, 6) is 0.597. The maximum Gasteiger partial charge on any atom is 0.404 e. The monoisotopic (exact) mass is 362 g/mol. The number of nitro benzene ring substituents is 1. The van der Waals surface area contributed by atoms with Crippen LogP contribution in [0.3, 0.4) is 0 Å². The number of rotatable bonds is 9. The lowest BCUT2D eigenvalue weighted by molar-refractivity contribution is -0.384. The molecule has 1 amide bonds. The smallest absolute Gasteiger partial charge is 0.404 e. The van der Waals surface area contributed by atoms with E-state index in [1.165, 1.54) is 24.4 Å². The molecule has 11 heteroatoms. The van der Waals surface area contributed by atoms with Gasteiger partial charge in [0.15, 0.2) is 0 Å². The van der Waals surface area contributed by atoms with Gasteiger partial charge in [-0.25, -0.2) is 9.78 Å². The highest BCUT2D eigenvalue weighted by atomic mass is 16.6. The molecule has 0 saturated carbocycles. The molecule has 138 valence electrons. The third-order valence-electron chi connectivity index (χ3n) is 3.27.